The van der Waals surface area contributed by atoms with Crippen molar-refractivity contribution in [2.75, 3.05) is 7.11 Å². The highest BCUT2D eigenvalue weighted by Gasteiger charge is 2.16. The molecule has 3 rings (SSSR count). The van der Waals surface area contributed by atoms with Crippen molar-refractivity contribution in [3.8, 4) is 5.75 Å². The first-order chi connectivity index (χ1) is 13.8. The lowest BCUT2D eigenvalue weighted by atomic mass is 9.88. The number of hydrogen-bond donors (Lipinski definition) is 1. The smallest absolute Gasteiger partial charge is 0.287 e. The van der Waals surface area contributed by atoms with E-state index in [4.69, 9.17) is 9.15 Å². The lowest BCUT2D eigenvalue weighted by Crippen LogP contribution is -2.22. The Morgan fingerprint density at radius 2 is 1.45 bits per heavy atom. The molecule has 0 aliphatic carbocycles. The van der Waals surface area contributed by atoms with Crippen LogP contribution >= 0.6 is 0 Å². The van der Waals surface area contributed by atoms with Crippen molar-refractivity contribution in [1.29, 1.82) is 0 Å². The highest BCUT2D eigenvalue weighted by Crippen LogP contribution is 2.28. The summed E-state index contributed by atoms with van der Waals surface area (Å²) in [5, 5.41) is 2.90. The van der Waals surface area contributed by atoms with E-state index >= 15 is 0 Å². The van der Waals surface area contributed by atoms with Gasteiger partial charge in [-0.3, -0.25) is 4.79 Å². The Hall–Kier alpha value is -3.01. The molecule has 2 aromatic carbocycles. The van der Waals surface area contributed by atoms with Gasteiger partial charge in [-0.05, 0) is 97.8 Å². The van der Waals surface area contributed by atoms with Crippen molar-refractivity contribution < 1.29 is 13.9 Å². The van der Waals surface area contributed by atoms with Crippen molar-refractivity contribution in [2.24, 2.45) is 0 Å². The van der Waals surface area contributed by atoms with E-state index in [0.717, 1.165) is 17.1 Å². The number of methoxy groups -OCH3 is 1. The highest BCUT2D eigenvalue weighted by molar-refractivity contribution is 5.91. The Kier molecular flexibility index (Phi) is 6.12. The molecule has 1 aromatic heterocycles. The third-order valence-corrected chi connectivity index (χ3v) is 6.00. The van der Waals surface area contributed by atoms with Gasteiger partial charge in [0, 0.05) is 13.0 Å². The molecule has 0 aliphatic rings. The fourth-order valence-electron chi connectivity index (χ4n) is 3.62. The Bertz CT molecular complexity index is 1000. The molecular formula is C25H29NO3. The highest BCUT2D eigenvalue weighted by atomic mass is 16.5. The van der Waals surface area contributed by atoms with Gasteiger partial charge in [-0.25, -0.2) is 0 Å². The van der Waals surface area contributed by atoms with Crippen LogP contribution < -0.4 is 10.1 Å². The minimum Gasteiger partial charge on any atom is -0.497 e. The second-order valence-corrected chi connectivity index (χ2v) is 7.58. The van der Waals surface area contributed by atoms with Crippen LogP contribution in [-0.2, 0) is 13.0 Å². The summed E-state index contributed by atoms with van der Waals surface area (Å²) in [6, 6.07) is 11.3. The number of amides is 1. The van der Waals surface area contributed by atoms with Crippen LogP contribution in [0.15, 0.2) is 40.8 Å². The molecule has 1 heterocycles. The van der Waals surface area contributed by atoms with Gasteiger partial charge in [0.1, 0.15) is 11.5 Å². The zero-order valence-corrected chi connectivity index (χ0v) is 18.1. The van der Waals surface area contributed by atoms with E-state index in [1.807, 2.05) is 30.3 Å². The van der Waals surface area contributed by atoms with Crippen molar-refractivity contribution in [2.45, 2.75) is 47.6 Å². The number of carbonyl (C=O) groups excluding carboxylic acids is 1. The molecule has 1 N–H and O–H groups in total. The molecule has 0 aliphatic heterocycles. The standard InChI is InChI=1S/C25H29NO3/c1-15-16(2)18(4)23(19(5)17(15)3)13-22-11-12-24(29-22)25(27)26-14-20-7-9-21(28-6)10-8-20/h7-12H,13-14H2,1-6H3,(H,26,27). The first-order valence-electron chi connectivity index (χ1n) is 9.87. The molecule has 0 unspecified atom stereocenters. The van der Waals surface area contributed by atoms with Crippen molar-refractivity contribution in [1.82, 2.24) is 5.32 Å². The van der Waals surface area contributed by atoms with E-state index in [0.29, 0.717) is 18.7 Å². The first-order valence-corrected chi connectivity index (χ1v) is 9.87. The molecule has 1 amide bonds. The van der Waals surface area contributed by atoms with Gasteiger partial charge >= 0.3 is 0 Å². The van der Waals surface area contributed by atoms with Gasteiger partial charge < -0.3 is 14.5 Å². The molecule has 0 fully saturated rings. The Labute approximate surface area is 172 Å². The molecule has 4 nitrogen and oxygen atoms in total. The van der Waals surface area contributed by atoms with Crippen molar-refractivity contribution in [3.63, 3.8) is 0 Å². The Morgan fingerprint density at radius 1 is 0.862 bits per heavy atom. The lowest BCUT2D eigenvalue weighted by Gasteiger charge is -2.18. The minimum atomic E-state index is -0.211. The number of benzene rings is 2. The Morgan fingerprint density at radius 3 is 2.03 bits per heavy atom. The molecule has 4 heteroatoms. The lowest BCUT2D eigenvalue weighted by molar-refractivity contribution is 0.0921. The summed E-state index contributed by atoms with van der Waals surface area (Å²) in [7, 11) is 1.63. The molecule has 0 radical (unpaired) electrons. The molecule has 0 bridgehead atoms. The summed E-state index contributed by atoms with van der Waals surface area (Å²) in [6.07, 6.45) is 0.686. The maximum Gasteiger partial charge on any atom is 0.287 e. The topological polar surface area (TPSA) is 51.5 Å². The third-order valence-electron chi connectivity index (χ3n) is 6.00. The van der Waals surface area contributed by atoms with Gasteiger partial charge in [-0.1, -0.05) is 12.1 Å². The predicted molar refractivity (Wildman–Crippen MR) is 116 cm³/mol. The van der Waals surface area contributed by atoms with E-state index in [1.54, 1.807) is 13.2 Å². The monoisotopic (exact) mass is 391 g/mol. The summed E-state index contributed by atoms with van der Waals surface area (Å²) in [6.45, 7) is 11.3. The Balaban J connectivity index is 1.70. The summed E-state index contributed by atoms with van der Waals surface area (Å²) in [5.74, 6) is 1.72. The quantitative estimate of drug-likeness (QED) is 0.616. The maximum atomic E-state index is 12.5. The van der Waals surface area contributed by atoms with Crippen molar-refractivity contribution >= 4 is 5.91 Å². The van der Waals surface area contributed by atoms with Crippen molar-refractivity contribution in [3.05, 3.63) is 86.9 Å². The van der Waals surface area contributed by atoms with Crippen LogP contribution in [0.3, 0.4) is 0 Å². The van der Waals surface area contributed by atoms with Gasteiger partial charge in [0.15, 0.2) is 5.76 Å². The van der Waals surface area contributed by atoms with E-state index in [1.165, 1.54) is 33.4 Å². The average molecular weight is 392 g/mol. The van der Waals surface area contributed by atoms with Gasteiger partial charge in [0.2, 0.25) is 0 Å². The third kappa shape index (κ3) is 4.37. The zero-order valence-electron chi connectivity index (χ0n) is 18.1. The molecule has 0 saturated carbocycles. The van der Waals surface area contributed by atoms with E-state index in [9.17, 15) is 4.79 Å². The number of rotatable bonds is 6. The fraction of sp³-hybridized carbons (Fsp3) is 0.320. The van der Waals surface area contributed by atoms with Crippen LogP contribution in [0.1, 0.15) is 55.3 Å². The summed E-state index contributed by atoms with van der Waals surface area (Å²) in [4.78, 5) is 12.5. The summed E-state index contributed by atoms with van der Waals surface area (Å²) in [5.41, 5.74) is 8.88. The second kappa shape index (κ2) is 8.56. The fourth-order valence-corrected chi connectivity index (χ4v) is 3.62. The first kappa shape index (κ1) is 20.7. The second-order valence-electron chi connectivity index (χ2n) is 7.58. The van der Waals surface area contributed by atoms with Crippen LogP contribution in [0.25, 0.3) is 0 Å². The number of ether oxygens (including phenoxy) is 1. The van der Waals surface area contributed by atoms with Crippen LogP contribution in [0, 0.1) is 34.6 Å². The van der Waals surface area contributed by atoms with Crippen LogP contribution in [0.5, 0.6) is 5.75 Å². The summed E-state index contributed by atoms with van der Waals surface area (Å²) >= 11 is 0. The molecule has 0 spiro atoms. The number of hydrogen-bond acceptors (Lipinski definition) is 3. The normalized spacial score (nSPS) is 10.8. The van der Waals surface area contributed by atoms with Gasteiger partial charge in [0.25, 0.3) is 5.91 Å². The van der Waals surface area contributed by atoms with Gasteiger partial charge in [-0.15, -0.1) is 0 Å². The van der Waals surface area contributed by atoms with Crippen LogP contribution in [-0.4, -0.2) is 13.0 Å². The molecule has 0 atom stereocenters. The van der Waals surface area contributed by atoms with E-state index < -0.39 is 0 Å². The SMILES string of the molecule is COc1ccc(CNC(=O)c2ccc(Cc3c(C)c(C)c(C)c(C)c3C)o2)cc1. The van der Waals surface area contributed by atoms with Crippen LogP contribution in [0.4, 0.5) is 0 Å². The summed E-state index contributed by atoms with van der Waals surface area (Å²) < 4.78 is 11.0. The predicted octanol–water partition coefficient (Wildman–Crippen LogP) is 5.35. The van der Waals surface area contributed by atoms with Crippen LogP contribution in [0.2, 0.25) is 0 Å². The van der Waals surface area contributed by atoms with Gasteiger partial charge in [-0.2, -0.15) is 0 Å². The zero-order chi connectivity index (χ0) is 21.1. The average Bonchev–Trinajstić information content (AvgIpc) is 3.21. The van der Waals surface area contributed by atoms with Gasteiger partial charge in [0.05, 0.1) is 7.11 Å². The number of carbonyl (C=O) groups is 1. The van der Waals surface area contributed by atoms with E-state index in [2.05, 4.69) is 39.9 Å². The largest absolute Gasteiger partial charge is 0.497 e. The molecule has 152 valence electrons. The van der Waals surface area contributed by atoms with E-state index in [-0.39, 0.29) is 5.91 Å². The minimum absolute atomic E-state index is 0.211. The number of furan rings is 1. The molecule has 0 saturated heterocycles. The molecule has 29 heavy (non-hydrogen) atoms. The molecular weight excluding hydrogens is 362 g/mol. The number of nitrogens with one attached hydrogen (secondary N) is 1. The maximum absolute atomic E-state index is 12.5. The molecule has 3 aromatic rings.